The van der Waals surface area contributed by atoms with Crippen LogP contribution in [0.5, 0.6) is 0 Å². The molecule has 0 spiro atoms. The molecule has 3 heteroatoms. The van der Waals surface area contributed by atoms with E-state index in [0.29, 0.717) is 9.13 Å². The van der Waals surface area contributed by atoms with Crippen molar-refractivity contribution in [2.45, 2.75) is 0 Å². The molecule has 0 saturated carbocycles. The Bertz CT molecular complexity index is 5370. The first-order valence-electron chi connectivity index (χ1n) is 33.8. The molecular formula is C54H35N3. The number of nitrogens with zero attached hydrogens (tertiary/aromatic N) is 3. The molecule has 0 aliphatic rings. The van der Waals surface area contributed by atoms with E-state index in [0.717, 1.165) is 10.6 Å². The lowest BCUT2D eigenvalue weighted by molar-refractivity contribution is 1.14. The molecule has 57 heavy (non-hydrogen) atoms. The molecule has 3 aromatic heterocycles. The third kappa shape index (κ3) is 4.86. The van der Waals surface area contributed by atoms with E-state index in [1.165, 1.54) is 0 Å². The molecule has 0 amide bonds. The molecule has 0 fully saturated rings. The molecule has 9 aromatic carbocycles. The van der Waals surface area contributed by atoms with Gasteiger partial charge in [-0.3, -0.25) is 0 Å². The Hall–Kier alpha value is -7.62. The molecule has 3 nitrogen and oxygen atoms in total. The van der Waals surface area contributed by atoms with E-state index in [-0.39, 0.29) is 10.9 Å². The fourth-order valence-electron chi connectivity index (χ4n) is 6.95. The Kier molecular flexibility index (Phi) is 2.84. The van der Waals surface area contributed by atoms with Crippen LogP contribution < -0.4 is 0 Å². The molecule has 3 heterocycles. The van der Waals surface area contributed by atoms with Crippen molar-refractivity contribution in [3.63, 3.8) is 0 Å². The van der Waals surface area contributed by atoms with Gasteiger partial charge < -0.3 is 13.7 Å². The number of hydrogen-bond acceptors (Lipinski definition) is 0. The monoisotopic (exact) mass is 759 g/mol. The maximum absolute atomic E-state index is 10.5. The smallest absolute Gasteiger partial charge is 0.0667 e. The molecule has 0 aliphatic heterocycles. The number of aromatic nitrogens is 3. The number of fused-ring (bicyclic) bond motifs is 9. The van der Waals surface area contributed by atoms with Crippen LogP contribution in [0.2, 0.25) is 0 Å². The minimum absolute atomic E-state index is 0.382. The number of para-hydroxylation sites is 4. The second kappa shape index (κ2) is 12.5. The van der Waals surface area contributed by atoms with Crippen molar-refractivity contribution >= 4 is 65.4 Å². The summed E-state index contributed by atoms with van der Waals surface area (Å²) >= 11 is 0. The summed E-state index contributed by atoms with van der Waals surface area (Å²) in [7, 11) is 0. The topological polar surface area (TPSA) is 14.8 Å². The van der Waals surface area contributed by atoms with Gasteiger partial charge in [0.25, 0.3) is 0 Å². The van der Waals surface area contributed by atoms with E-state index >= 15 is 0 Å². The maximum atomic E-state index is 10.5. The van der Waals surface area contributed by atoms with Gasteiger partial charge in [-0.1, -0.05) is 145 Å². The summed E-state index contributed by atoms with van der Waals surface area (Å²) in [5, 5.41) is -3.65. The number of hydrogen-bond donors (Lipinski definition) is 0. The van der Waals surface area contributed by atoms with Crippen LogP contribution in [0.15, 0.2) is 212 Å². The lowest BCUT2D eigenvalue weighted by Crippen LogP contribution is -1.99. The van der Waals surface area contributed by atoms with Crippen LogP contribution in [0, 0.1) is 0 Å². The summed E-state index contributed by atoms with van der Waals surface area (Å²) in [6.45, 7) is 0. The molecule has 12 rings (SSSR count). The Balaban J connectivity index is 1.38. The van der Waals surface area contributed by atoms with E-state index in [2.05, 4.69) is 0 Å². The quantitative estimate of drug-likeness (QED) is 0.166. The van der Waals surface area contributed by atoms with E-state index in [4.69, 9.17) is 27.4 Å². The van der Waals surface area contributed by atoms with Gasteiger partial charge in [0.05, 0.1) is 79.7 Å². The molecule has 0 bridgehead atoms. The van der Waals surface area contributed by atoms with E-state index in [1.54, 1.807) is 0 Å². The van der Waals surface area contributed by atoms with Gasteiger partial charge in [-0.2, -0.15) is 0 Å². The average Bonchev–Trinajstić information content (AvgIpc) is 1.55. The summed E-state index contributed by atoms with van der Waals surface area (Å²) in [6.07, 6.45) is 0. The van der Waals surface area contributed by atoms with Gasteiger partial charge in [0.1, 0.15) is 0 Å². The van der Waals surface area contributed by atoms with Gasteiger partial charge in [0.15, 0.2) is 0 Å². The molecule has 0 aliphatic carbocycles. The summed E-state index contributed by atoms with van der Waals surface area (Å²) in [4.78, 5) is 0. The predicted molar refractivity (Wildman–Crippen MR) is 240 cm³/mol. The fraction of sp³-hybridized carbons (Fsp3) is 0. The Morgan fingerprint density at radius 1 is 0.246 bits per heavy atom. The highest BCUT2D eigenvalue weighted by atomic mass is 15.0. The predicted octanol–water partition coefficient (Wildman–Crippen LogP) is 14.3. The van der Waals surface area contributed by atoms with E-state index < -0.39 is 299 Å². The number of benzene rings is 9. The lowest BCUT2D eigenvalue weighted by Gasteiger charge is -2.15. The second-order valence-corrected chi connectivity index (χ2v) is 12.3. The molecule has 0 unspecified atom stereocenters. The first-order valence-corrected chi connectivity index (χ1v) is 16.8. The minimum Gasteiger partial charge on any atom is -0.309 e. The zero-order valence-corrected chi connectivity index (χ0v) is 28.4. The first-order chi connectivity index (χ1) is 42.4. The second-order valence-electron chi connectivity index (χ2n) is 12.3. The van der Waals surface area contributed by atoms with Crippen LogP contribution >= 0.6 is 0 Å². The lowest BCUT2D eigenvalue weighted by atomic mass is 9.98. The Morgan fingerprint density at radius 2 is 0.614 bits per heavy atom. The first kappa shape index (κ1) is 13.0. The third-order valence-electron chi connectivity index (χ3n) is 9.30. The highest BCUT2D eigenvalue weighted by molar-refractivity contribution is 6.13. The summed E-state index contributed by atoms with van der Waals surface area (Å²) in [5.41, 5.74) is -11.1. The fourth-order valence-corrected chi connectivity index (χ4v) is 6.95. The van der Waals surface area contributed by atoms with Crippen LogP contribution in [0.25, 0.3) is 105 Å². The molecule has 0 atom stereocenters. The normalized spacial score (nSPS) is 20.2. The molecule has 12 aromatic rings. The average molecular weight is 760 g/mol. The standard InChI is InChI=1S/C54H35N3/c1-3-15-36(16-4-1)38-31-39(37-17-5-2-6-18-37)33-42(32-38)57-52-26-14-10-22-46(52)48-30-28-41(35-54(48)57)56-51-25-13-9-21-45(51)47-29-27-40(34-53(47)56)55-49-23-11-7-19-43(49)44-20-8-12-24-50(44)55/h1-35H/i1D,2D,3D,4D,5D,6D,7D,8D,9D,10D,11D,12D,13D,14D,15D,16D,17D,18D,19D,20D,21D,22D,23D,25D,26D,27D,28D,29D,30D,31D,32D,33D,34D,35D. The SMILES string of the molecule is [2H]c1cc2c(c([2H])c1[2H])c1c([2H])c([2H])c([2H])c([2H])c1n2-c1c([2H])c([2H])c2c3c([2H])c([2H])c([2H])c([2H])c3n(-c3c([2H])c([2H])c4c5c([2H])c([2H])c([2H])c([2H])c5n(-c5c([2H])c(-c6c([2H])c([2H])c([2H])c([2H])c6[2H])c([2H])c(-c6c([2H])c([2H])c([2H])c([2H])c6[2H])c5[2H])c4c3[2H])c2c1[2H]. The third-order valence-corrected chi connectivity index (χ3v) is 9.30. The molecular weight excluding hydrogens is 691 g/mol. The van der Waals surface area contributed by atoms with Crippen molar-refractivity contribution in [2.24, 2.45) is 0 Å². The molecule has 0 N–H and O–H groups in total. The number of rotatable bonds is 5. The van der Waals surface area contributed by atoms with Crippen molar-refractivity contribution in [3.8, 4) is 39.3 Å². The summed E-state index contributed by atoms with van der Waals surface area (Å²) < 4.78 is 314. The van der Waals surface area contributed by atoms with Gasteiger partial charge in [0, 0.05) is 49.4 Å². The van der Waals surface area contributed by atoms with Crippen LogP contribution in [0.3, 0.4) is 0 Å². The van der Waals surface area contributed by atoms with Gasteiger partial charge in [0.2, 0.25) is 0 Å². The Labute approximate surface area is 377 Å². The summed E-state index contributed by atoms with van der Waals surface area (Å²) in [5.74, 6) is 0. The van der Waals surface area contributed by atoms with Gasteiger partial charge >= 0.3 is 0 Å². The maximum Gasteiger partial charge on any atom is 0.0667 e. The Morgan fingerprint density at radius 3 is 1.11 bits per heavy atom. The van der Waals surface area contributed by atoms with Crippen LogP contribution in [0.4, 0.5) is 0 Å². The zero-order valence-electron chi connectivity index (χ0n) is 62.4. The van der Waals surface area contributed by atoms with Crippen LogP contribution in [-0.4, -0.2) is 13.7 Å². The molecule has 266 valence electrons. The van der Waals surface area contributed by atoms with Gasteiger partial charge in [-0.05, 0) is 88.7 Å². The molecule has 0 saturated heterocycles. The molecule has 0 radical (unpaired) electrons. The zero-order chi connectivity index (χ0) is 67.0. The van der Waals surface area contributed by atoms with Gasteiger partial charge in [-0.15, -0.1) is 0 Å². The van der Waals surface area contributed by atoms with E-state index in [1.807, 2.05) is 0 Å². The van der Waals surface area contributed by atoms with Crippen molar-refractivity contribution in [1.29, 1.82) is 0 Å². The van der Waals surface area contributed by atoms with Crippen molar-refractivity contribution < 1.29 is 46.6 Å². The minimum atomic E-state index is -1.22. The van der Waals surface area contributed by atoms with Crippen molar-refractivity contribution in [2.75, 3.05) is 0 Å². The van der Waals surface area contributed by atoms with E-state index in [9.17, 15) is 19.2 Å². The van der Waals surface area contributed by atoms with Gasteiger partial charge in [-0.25, -0.2) is 0 Å². The highest BCUT2D eigenvalue weighted by Crippen LogP contribution is 2.40. The van der Waals surface area contributed by atoms with Crippen molar-refractivity contribution in [3.05, 3.63) is 212 Å². The summed E-state index contributed by atoms with van der Waals surface area (Å²) in [6, 6.07) is -33.0. The van der Waals surface area contributed by atoms with Crippen molar-refractivity contribution in [1.82, 2.24) is 13.7 Å². The van der Waals surface area contributed by atoms with Crippen LogP contribution in [-0.2, 0) is 0 Å². The highest BCUT2D eigenvalue weighted by Gasteiger charge is 2.19. The van der Waals surface area contributed by atoms with Crippen LogP contribution in [0.1, 0.15) is 46.6 Å². The largest absolute Gasteiger partial charge is 0.309 e.